The summed E-state index contributed by atoms with van der Waals surface area (Å²) in [5.74, 6) is -6.86. The minimum Gasteiger partial charge on any atom is -0.508 e. The molecule has 0 aromatic heterocycles. The Morgan fingerprint density at radius 2 is 1.37 bits per heavy atom. The Morgan fingerprint density at radius 3 is 1.89 bits per heavy atom. The largest absolute Gasteiger partial charge is 0.508 e. The highest BCUT2D eigenvalue weighted by atomic mass is 16.4. The Bertz CT molecular complexity index is 950. The first-order valence-electron chi connectivity index (χ1n) is 10.4. The number of carbonyl (C=O) groups excluding carboxylic acids is 3. The van der Waals surface area contributed by atoms with E-state index >= 15 is 0 Å². The van der Waals surface area contributed by atoms with E-state index in [0.717, 1.165) is 0 Å². The average molecular weight is 496 g/mol. The molecule has 0 bridgehead atoms. The Labute approximate surface area is 199 Å². The van der Waals surface area contributed by atoms with Crippen LogP contribution in [0.2, 0.25) is 0 Å². The predicted octanol–water partition coefficient (Wildman–Crippen LogP) is -1.84. The number of aromatic hydroxyl groups is 1. The lowest BCUT2D eigenvalue weighted by atomic mass is 10.0. The molecule has 0 aliphatic carbocycles. The monoisotopic (exact) mass is 496 g/mol. The first-order chi connectivity index (χ1) is 16.3. The number of phenols is 1. The SMILES string of the molecule is CC(NC(=O)C(CCC(=O)O)NC(=O)C(Cc1ccc(O)cc1)NC(=O)C(N)CC(=O)O)C(=O)O. The second kappa shape index (κ2) is 13.5. The second-order valence-corrected chi connectivity index (χ2v) is 7.70. The summed E-state index contributed by atoms with van der Waals surface area (Å²) >= 11 is 0. The Balaban J connectivity index is 3.12. The number of benzene rings is 1. The first-order valence-corrected chi connectivity index (χ1v) is 10.4. The van der Waals surface area contributed by atoms with Crippen LogP contribution in [0.5, 0.6) is 5.75 Å². The predicted molar refractivity (Wildman–Crippen MR) is 118 cm³/mol. The highest BCUT2D eigenvalue weighted by Gasteiger charge is 2.30. The van der Waals surface area contributed by atoms with Crippen LogP contribution in [0.15, 0.2) is 24.3 Å². The van der Waals surface area contributed by atoms with Gasteiger partial charge in [-0.15, -0.1) is 0 Å². The van der Waals surface area contributed by atoms with Crippen molar-refractivity contribution in [3.8, 4) is 5.75 Å². The molecule has 35 heavy (non-hydrogen) atoms. The van der Waals surface area contributed by atoms with Gasteiger partial charge in [-0.25, -0.2) is 0 Å². The summed E-state index contributed by atoms with van der Waals surface area (Å²) in [4.78, 5) is 70.7. The van der Waals surface area contributed by atoms with Crippen LogP contribution in [-0.4, -0.2) is 80.2 Å². The number of hydrogen-bond acceptors (Lipinski definition) is 8. The number of aliphatic carboxylic acids is 3. The van der Waals surface area contributed by atoms with Crippen LogP contribution in [0.4, 0.5) is 0 Å². The smallest absolute Gasteiger partial charge is 0.325 e. The number of carboxylic acids is 3. The van der Waals surface area contributed by atoms with Crippen molar-refractivity contribution in [2.24, 2.45) is 5.73 Å². The van der Waals surface area contributed by atoms with Gasteiger partial charge >= 0.3 is 17.9 Å². The van der Waals surface area contributed by atoms with E-state index in [4.69, 9.17) is 21.1 Å². The van der Waals surface area contributed by atoms with Gasteiger partial charge in [-0.1, -0.05) is 12.1 Å². The molecule has 9 N–H and O–H groups in total. The molecule has 0 aliphatic heterocycles. The summed E-state index contributed by atoms with van der Waals surface area (Å²) < 4.78 is 0. The van der Waals surface area contributed by atoms with Gasteiger partial charge in [0.2, 0.25) is 17.7 Å². The maximum atomic E-state index is 13.0. The molecule has 1 aromatic rings. The second-order valence-electron chi connectivity index (χ2n) is 7.70. The van der Waals surface area contributed by atoms with Gasteiger partial charge in [0, 0.05) is 12.8 Å². The van der Waals surface area contributed by atoms with Crippen LogP contribution < -0.4 is 21.7 Å². The van der Waals surface area contributed by atoms with Crippen molar-refractivity contribution in [2.75, 3.05) is 0 Å². The van der Waals surface area contributed by atoms with Crippen LogP contribution in [-0.2, 0) is 35.2 Å². The molecule has 3 amide bonds. The molecule has 192 valence electrons. The lowest BCUT2D eigenvalue weighted by Gasteiger charge is -2.24. The summed E-state index contributed by atoms with van der Waals surface area (Å²) in [6, 6.07) is -0.0451. The summed E-state index contributed by atoms with van der Waals surface area (Å²) in [6.45, 7) is 1.17. The third-order valence-corrected chi connectivity index (χ3v) is 4.75. The van der Waals surface area contributed by atoms with Crippen molar-refractivity contribution in [3.63, 3.8) is 0 Å². The summed E-state index contributed by atoms with van der Waals surface area (Å²) in [6.07, 6.45) is -1.78. The minimum absolute atomic E-state index is 0.0553. The summed E-state index contributed by atoms with van der Waals surface area (Å²) in [5, 5.41) is 43.0. The molecule has 4 unspecified atom stereocenters. The lowest BCUT2D eigenvalue weighted by Crippen LogP contribution is -2.57. The number of nitrogens with two attached hydrogens (primary N) is 1. The molecule has 0 saturated heterocycles. The number of carbonyl (C=O) groups is 6. The van der Waals surface area contributed by atoms with E-state index in [1.165, 1.54) is 31.2 Å². The van der Waals surface area contributed by atoms with Crippen molar-refractivity contribution in [3.05, 3.63) is 29.8 Å². The Kier molecular flexibility index (Phi) is 11.1. The highest BCUT2D eigenvalue weighted by Crippen LogP contribution is 2.12. The van der Waals surface area contributed by atoms with E-state index in [-0.39, 0.29) is 18.6 Å². The van der Waals surface area contributed by atoms with E-state index < -0.39 is 72.6 Å². The van der Waals surface area contributed by atoms with E-state index in [1.807, 2.05) is 0 Å². The van der Waals surface area contributed by atoms with E-state index in [1.54, 1.807) is 0 Å². The molecule has 0 fully saturated rings. The number of rotatable bonds is 14. The molecular weight excluding hydrogens is 468 g/mol. The fraction of sp³-hybridized carbons (Fsp3) is 0.429. The number of phenolic OH excluding ortho intramolecular Hbond substituents is 1. The molecule has 14 heteroatoms. The maximum absolute atomic E-state index is 13.0. The van der Waals surface area contributed by atoms with Crippen LogP contribution in [0.25, 0.3) is 0 Å². The van der Waals surface area contributed by atoms with Gasteiger partial charge in [0.25, 0.3) is 0 Å². The molecule has 1 rings (SSSR count). The molecule has 1 aromatic carbocycles. The third kappa shape index (κ3) is 10.5. The zero-order valence-electron chi connectivity index (χ0n) is 18.8. The third-order valence-electron chi connectivity index (χ3n) is 4.75. The van der Waals surface area contributed by atoms with Gasteiger partial charge in [-0.05, 0) is 31.0 Å². The van der Waals surface area contributed by atoms with Crippen molar-refractivity contribution in [2.45, 2.75) is 56.8 Å². The zero-order valence-corrected chi connectivity index (χ0v) is 18.8. The number of amides is 3. The van der Waals surface area contributed by atoms with Crippen LogP contribution in [0, 0.1) is 0 Å². The summed E-state index contributed by atoms with van der Waals surface area (Å²) in [5.41, 5.74) is 6.02. The molecule has 0 aliphatic rings. The van der Waals surface area contributed by atoms with Gasteiger partial charge in [0.15, 0.2) is 0 Å². The molecule has 0 radical (unpaired) electrons. The maximum Gasteiger partial charge on any atom is 0.325 e. The van der Waals surface area contributed by atoms with Crippen molar-refractivity contribution < 1.29 is 49.2 Å². The fourth-order valence-electron chi connectivity index (χ4n) is 2.82. The molecule has 4 atom stereocenters. The molecule has 0 heterocycles. The van der Waals surface area contributed by atoms with Gasteiger partial charge in [-0.3, -0.25) is 28.8 Å². The van der Waals surface area contributed by atoms with Gasteiger partial charge in [-0.2, -0.15) is 0 Å². The van der Waals surface area contributed by atoms with Crippen LogP contribution in [0.3, 0.4) is 0 Å². The normalized spacial score (nSPS) is 14.0. The number of nitrogens with one attached hydrogen (secondary N) is 3. The summed E-state index contributed by atoms with van der Waals surface area (Å²) in [7, 11) is 0. The van der Waals surface area contributed by atoms with Crippen molar-refractivity contribution in [1.82, 2.24) is 16.0 Å². The van der Waals surface area contributed by atoms with Crippen molar-refractivity contribution in [1.29, 1.82) is 0 Å². The Hall–Kier alpha value is -4.20. The van der Waals surface area contributed by atoms with Gasteiger partial charge in [0.05, 0.1) is 12.5 Å². The highest BCUT2D eigenvalue weighted by molar-refractivity contribution is 5.95. The van der Waals surface area contributed by atoms with Gasteiger partial charge in [0.1, 0.15) is 23.9 Å². The van der Waals surface area contributed by atoms with Crippen molar-refractivity contribution >= 4 is 35.6 Å². The quantitative estimate of drug-likeness (QED) is 0.142. The standard InChI is InChI=1S/C21H28N4O10/c1-10(21(34)35)23-19(32)14(6-7-16(27)28)24-20(33)15(8-11-2-4-12(26)5-3-11)25-18(31)13(22)9-17(29)30/h2-5,10,13-15,26H,6-9,22H2,1H3,(H,23,32)(H,24,33)(H,25,31)(H,27,28)(H,29,30)(H,34,35). The zero-order chi connectivity index (χ0) is 26.7. The molecular formula is C21H28N4O10. The van der Waals surface area contributed by atoms with Gasteiger partial charge < -0.3 is 42.1 Å². The first kappa shape index (κ1) is 28.8. The molecule has 0 spiro atoms. The number of carboxylic acid groups (broad SMARTS) is 3. The number of hydrogen-bond donors (Lipinski definition) is 8. The lowest BCUT2D eigenvalue weighted by molar-refractivity contribution is -0.142. The van der Waals surface area contributed by atoms with Crippen LogP contribution >= 0.6 is 0 Å². The van der Waals surface area contributed by atoms with E-state index in [9.17, 15) is 33.9 Å². The molecule has 0 saturated carbocycles. The van der Waals surface area contributed by atoms with E-state index in [0.29, 0.717) is 5.56 Å². The minimum atomic E-state index is -1.48. The molecule has 14 nitrogen and oxygen atoms in total. The van der Waals surface area contributed by atoms with Crippen LogP contribution in [0.1, 0.15) is 31.7 Å². The Morgan fingerprint density at radius 1 is 0.829 bits per heavy atom. The average Bonchev–Trinajstić information content (AvgIpc) is 2.76. The fourth-order valence-corrected chi connectivity index (χ4v) is 2.82. The van der Waals surface area contributed by atoms with E-state index in [2.05, 4.69) is 16.0 Å². The topological polar surface area (TPSA) is 245 Å².